The Kier molecular flexibility index (Phi) is 2.89. The first-order valence-electron chi connectivity index (χ1n) is 5.51. The molecule has 0 fully saturated rings. The molecule has 0 bridgehead atoms. The van der Waals surface area contributed by atoms with Gasteiger partial charge in [0.15, 0.2) is 5.82 Å². The fourth-order valence-electron chi connectivity index (χ4n) is 1.65. The molecular formula is C13H8ClN3O2. The normalized spacial score (nSPS) is 10.6. The van der Waals surface area contributed by atoms with Crippen LogP contribution in [-0.4, -0.2) is 16.0 Å². The van der Waals surface area contributed by atoms with Crippen LogP contribution in [0.2, 0.25) is 5.02 Å². The summed E-state index contributed by atoms with van der Waals surface area (Å²) in [5.74, 6) is 0.0683. The van der Waals surface area contributed by atoms with Gasteiger partial charge in [0.1, 0.15) is 0 Å². The van der Waals surface area contributed by atoms with Gasteiger partial charge in [0.25, 0.3) is 11.6 Å². The molecule has 0 unspecified atom stereocenters. The number of carbonyl (C=O) groups excluding carboxylic acids is 1. The number of anilines is 1. The van der Waals surface area contributed by atoms with Crippen molar-refractivity contribution in [1.82, 2.24) is 10.1 Å². The molecule has 3 rings (SSSR count). The van der Waals surface area contributed by atoms with Crippen LogP contribution in [-0.2, 0) is 0 Å². The molecule has 1 amide bonds. The number of pyridine rings is 1. The van der Waals surface area contributed by atoms with Crippen molar-refractivity contribution in [3.63, 3.8) is 0 Å². The van der Waals surface area contributed by atoms with Gasteiger partial charge in [-0.3, -0.25) is 4.79 Å². The molecule has 0 radical (unpaired) electrons. The van der Waals surface area contributed by atoms with Crippen molar-refractivity contribution in [2.24, 2.45) is 0 Å². The number of hydrogen-bond donors (Lipinski definition) is 1. The number of amides is 1. The number of benzene rings is 1. The third-order valence-corrected chi connectivity index (χ3v) is 2.84. The number of nitrogens with one attached hydrogen (secondary N) is 1. The van der Waals surface area contributed by atoms with E-state index < -0.39 is 0 Å². The highest BCUT2D eigenvalue weighted by molar-refractivity contribution is 6.30. The fraction of sp³-hybridized carbons (Fsp3) is 0. The molecule has 2 aromatic heterocycles. The van der Waals surface area contributed by atoms with Gasteiger partial charge in [-0.2, -0.15) is 0 Å². The van der Waals surface area contributed by atoms with Gasteiger partial charge < -0.3 is 9.84 Å². The average molecular weight is 274 g/mol. The minimum Gasteiger partial charge on any atom is -0.334 e. The van der Waals surface area contributed by atoms with Crippen LogP contribution >= 0.6 is 11.6 Å². The summed E-state index contributed by atoms with van der Waals surface area (Å²) in [6.45, 7) is 0. The third-order valence-electron chi connectivity index (χ3n) is 2.59. The molecule has 2 heterocycles. The Balaban J connectivity index is 1.89. The monoisotopic (exact) mass is 273 g/mol. The Labute approximate surface area is 113 Å². The zero-order valence-electron chi connectivity index (χ0n) is 9.63. The van der Waals surface area contributed by atoms with Crippen LogP contribution in [0.15, 0.2) is 47.1 Å². The summed E-state index contributed by atoms with van der Waals surface area (Å²) in [6, 6.07) is 10.1. The zero-order chi connectivity index (χ0) is 13.2. The number of rotatable bonds is 2. The lowest BCUT2D eigenvalue weighted by atomic mass is 10.2. The van der Waals surface area contributed by atoms with E-state index in [1.807, 2.05) is 0 Å². The van der Waals surface area contributed by atoms with Gasteiger partial charge in [-0.25, -0.2) is 4.98 Å². The van der Waals surface area contributed by atoms with Crippen molar-refractivity contribution in [3.8, 4) is 0 Å². The lowest BCUT2D eigenvalue weighted by Crippen LogP contribution is -2.12. The molecule has 0 aliphatic carbocycles. The van der Waals surface area contributed by atoms with Gasteiger partial charge in [-0.15, -0.1) is 0 Å². The first-order valence-corrected chi connectivity index (χ1v) is 5.89. The number of fused-ring (bicyclic) bond motifs is 1. The number of aromatic nitrogens is 2. The molecule has 1 N–H and O–H groups in total. The fourth-order valence-corrected chi connectivity index (χ4v) is 1.78. The highest BCUT2D eigenvalue weighted by Crippen LogP contribution is 2.21. The summed E-state index contributed by atoms with van der Waals surface area (Å²) in [5.41, 5.74) is 0.873. The van der Waals surface area contributed by atoms with Gasteiger partial charge in [-0.05, 0) is 36.4 Å². The van der Waals surface area contributed by atoms with E-state index >= 15 is 0 Å². The molecule has 1 aromatic carbocycles. The first kappa shape index (κ1) is 11.7. The highest BCUT2D eigenvalue weighted by atomic mass is 35.5. The smallest absolute Gasteiger partial charge is 0.259 e. The van der Waals surface area contributed by atoms with Crippen molar-refractivity contribution in [3.05, 3.63) is 53.2 Å². The topological polar surface area (TPSA) is 68.0 Å². The lowest BCUT2D eigenvalue weighted by Gasteiger charge is -2.01. The second-order valence-electron chi connectivity index (χ2n) is 3.85. The van der Waals surface area contributed by atoms with Crippen molar-refractivity contribution in [1.29, 1.82) is 0 Å². The summed E-state index contributed by atoms with van der Waals surface area (Å²) >= 11 is 5.77. The maximum absolute atomic E-state index is 12.0. The van der Waals surface area contributed by atoms with Crippen LogP contribution in [0.1, 0.15) is 10.4 Å². The van der Waals surface area contributed by atoms with Gasteiger partial charge in [0.05, 0.1) is 5.39 Å². The van der Waals surface area contributed by atoms with Gasteiger partial charge in [0, 0.05) is 16.8 Å². The maximum atomic E-state index is 12.0. The summed E-state index contributed by atoms with van der Waals surface area (Å²) in [7, 11) is 0. The Morgan fingerprint density at radius 1 is 1.21 bits per heavy atom. The minimum atomic E-state index is -0.282. The molecule has 19 heavy (non-hydrogen) atoms. The standard InChI is InChI=1S/C13H8ClN3O2/c14-9-5-3-8(4-6-9)12(18)16-11-10-2-1-7-15-13(10)19-17-11/h1-7H,(H,16,17,18). The molecule has 0 saturated heterocycles. The molecule has 0 spiro atoms. The molecule has 3 aromatic rings. The average Bonchev–Trinajstić information content (AvgIpc) is 2.83. The van der Waals surface area contributed by atoms with E-state index in [-0.39, 0.29) is 5.91 Å². The summed E-state index contributed by atoms with van der Waals surface area (Å²) in [4.78, 5) is 16.0. The van der Waals surface area contributed by atoms with E-state index in [2.05, 4.69) is 15.5 Å². The van der Waals surface area contributed by atoms with Gasteiger partial charge in [-0.1, -0.05) is 16.8 Å². The number of carbonyl (C=O) groups is 1. The lowest BCUT2D eigenvalue weighted by molar-refractivity contribution is 0.102. The molecular weight excluding hydrogens is 266 g/mol. The van der Waals surface area contributed by atoms with E-state index in [1.165, 1.54) is 0 Å². The maximum Gasteiger partial charge on any atom is 0.259 e. The summed E-state index contributed by atoms with van der Waals surface area (Å²) in [6.07, 6.45) is 1.60. The second-order valence-corrected chi connectivity index (χ2v) is 4.28. The molecule has 0 aliphatic rings. The Hall–Kier alpha value is -2.40. The Morgan fingerprint density at radius 3 is 2.79 bits per heavy atom. The molecule has 94 valence electrons. The molecule has 6 heteroatoms. The second kappa shape index (κ2) is 4.70. The van der Waals surface area contributed by atoms with Crippen LogP contribution in [0, 0.1) is 0 Å². The van der Waals surface area contributed by atoms with E-state index in [0.717, 1.165) is 0 Å². The third kappa shape index (κ3) is 2.28. The van der Waals surface area contributed by atoms with E-state index in [4.69, 9.17) is 16.1 Å². The van der Waals surface area contributed by atoms with Crippen LogP contribution in [0.25, 0.3) is 11.1 Å². The SMILES string of the molecule is O=C(Nc1noc2ncccc12)c1ccc(Cl)cc1. The first-order chi connectivity index (χ1) is 9.24. The van der Waals surface area contributed by atoms with E-state index in [1.54, 1.807) is 42.6 Å². The quantitative estimate of drug-likeness (QED) is 0.779. The minimum absolute atomic E-state index is 0.282. The highest BCUT2D eigenvalue weighted by Gasteiger charge is 2.12. The van der Waals surface area contributed by atoms with Gasteiger partial charge >= 0.3 is 0 Å². The predicted molar refractivity (Wildman–Crippen MR) is 71.2 cm³/mol. The van der Waals surface area contributed by atoms with Crippen molar-refractivity contribution >= 4 is 34.4 Å². The summed E-state index contributed by atoms with van der Waals surface area (Å²) in [5, 5.41) is 7.69. The van der Waals surface area contributed by atoms with Crippen LogP contribution in [0.3, 0.4) is 0 Å². The van der Waals surface area contributed by atoms with Crippen molar-refractivity contribution in [2.45, 2.75) is 0 Å². The number of hydrogen-bond acceptors (Lipinski definition) is 4. The molecule has 0 saturated carbocycles. The van der Waals surface area contributed by atoms with Crippen LogP contribution < -0.4 is 5.32 Å². The number of halogens is 1. The zero-order valence-corrected chi connectivity index (χ0v) is 10.4. The van der Waals surface area contributed by atoms with E-state index in [0.29, 0.717) is 27.5 Å². The molecule has 0 atom stereocenters. The Bertz CT molecular complexity index is 737. The molecule has 0 aliphatic heterocycles. The van der Waals surface area contributed by atoms with E-state index in [9.17, 15) is 4.79 Å². The van der Waals surface area contributed by atoms with Crippen LogP contribution in [0.4, 0.5) is 5.82 Å². The Morgan fingerprint density at radius 2 is 2.00 bits per heavy atom. The van der Waals surface area contributed by atoms with Crippen molar-refractivity contribution in [2.75, 3.05) is 5.32 Å². The predicted octanol–water partition coefficient (Wildman–Crippen LogP) is 3.13. The van der Waals surface area contributed by atoms with Crippen molar-refractivity contribution < 1.29 is 9.32 Å². The largest absolute Gasteiger partial charge is 0.334 e. The number of nitrogens with zero attached hydrogens (tertiary/aromatic N) is 2. The molecule has 5 nitrogen and oxygen atoms in total. The van der Waals surface area contributed by atoms with Crippen LogP contribution in [0.5, 0.6) is 0 Å². The van der Waals surface area contributed by atoms with Gasteiger partial charge in [0.2, 0.25) is 0 Å². The summed E-state index contributed by atoms with van der Waals surface area (Å²) < 4.78 is 5.01.